The Hall–Kier alpha value is -0.310. The average Bonchev–Trinajstić information content (AvgIpc) is 2.84. The van der Waals surface area contributed by atoms with Crippen molar-refractivity contribution in [2.75, 3.05) is 0 Å². The Morgan fingerprint density at radius 1 is 1.21 bits per heavy atom. The molecule has 0 amide bonds. The molecule has 0 aromatic heterocycles. The van der Waals surface area contributed by atoms with Crippen LogP contribution in [0.3, 0.4) is 0 Å². The maximum Gasteiger partial charge on any atom is 0.166 e. The fourth-order valence-corrected chi connectivity index (χ4v) is 2.47. The van der Waals surface area contributed by atoms with E-state index in [9.17, 15) is 0 Å². The third-order valence-electron chi connectivity index (χ3n) is 3.36. The molecule has 2 saturated carbocycles. The second-order valence-corrected chi connectivity index (χ2v) is 5.40. The van der Waals surface area contributed by atoms with Crippen LogP contribution in [0.15, 0.2) is 0 Å². The van der Waals surface area contributed by atoms with Crippen LogP contribution in [-0.2, 0) is 0 Å². The molecule has 0 aromatic rings. The van der Waals surface area contributed by atoms with Crippen LogP contribution in [0.1, 0.15) is 51.9 Å². The first kappa shape index (κ1) is 10.2. The highest BCUT2D eigenvalue weighted by atomic mass is 32.1. The van der Waals surface area contributed by atoms with Gasteiger partial charge in [-0.1, -0.05) is 19.3 Å². The van der Waals surface area contributed by atoms with Crippen molar-refractivity contribution >= 4 is 17.3 Å². The van der Waals surface area contributed by atoms with Crippen molar-refractivity contribution in [1.82, 2.24) is 10.6 Å². The minimum absolute atomic E-state index is 0.318. The van der Waals surface area contributed by atoms with Gasteiger partial charge in [-0.2, -0.15) is 0 Å². The smallest absolute Gasteiger partial charge is 0.166 e. The van der Waals surface area contributed by atoms with Crippen LogP contribution in [0.5, 0.6) is 0 Å². The largest absolute Gasteiger partial charge is 0.360 e. The Kier molecular flexibility index (Phi) is 2.96. The molecule has 0 unspecified atom stereocenters. The molecular formula is C11H20N2S. The summed E-state index contributed by atoms with van der Waals surface area (Å²) in [6.07, 6.45) is 9.22. The molecule has 0 radical (unpaired) electrons. The van der Waals surface area contributed by atoms with Crippen molar-refractivity contribution in [2.45, 2.75) is 63.5 Å². The van der Waals surface area contributed by atoms with Crippen LogP contribution in [0.2, 0.25) is 0 Å². The van der Waals surface area contributed by atoms with E-state index >= 15 is 0 Å². The van der Waals surface area contributed by atoms with Gasteiger partial charge in [0, 0.05) is 11.6 Å². The summed E-state index contributed by atoms with van der Waals surface area (Å²) in [5.74, 6) is 0. The fraction of sp³-hybridized carbons (Fsp3) is 0.909. The number of rotatable bonds is 2. The van der Waals surface area contributed by atoms with Crippen molar-refractivity contribution in [3.63, 3.8) is 0 Å². The van der Waals surface area contributed by atoms with E-state index in [-0.39, 0.29) is 0 Å². The minimum atomic E-state index is 0.318. The molecule has 14 heavy (non-hydrogen) atoms. The summed E-state index contributed by atoms with van der Waals surface area (Å²) < 4.78 is 0. The Morgan fingerprint density at radius 3 is 2.43 bits per heavy atom. The predicted molar refractivity (Wildman–Crippen MR) is 63.4 cm³/mol. The molecule has 0 heterocycles. The van der Waals surface area contributed by atoms with E-state index in [4.69, 9.17) is 12.2 Å². The molecule has 2 rings (SSSR count). The van der Waals surface area contributed by atoms with E-state index in [1.165, 1.54) is 44.9 Å². The zero-order valence-corrected chi connectivity index (χ0v) is 9.75. The predicted octanol–water partition coefficient (Wildman–Crippen LogP) is 2.34. The second-order valence-electron chi connectivity index (χ2n) is 4.99. The van der Waals surface area contributed by atoms with Gasteiger partial charge in [-0.15, -0.1) is 0 Å². The van der Waals surface area contributed by atoms with Gasteiger partial charge >= 0.3 is 0 Å². The molecular weight excluding hydrogens is 192 g/mol. The molecule has 0 spiro atoms. The number of thiocarbonyl (C=S) groups is 1. The molecule has 0 aliphatic heterocycles. The van der Waals surface area contributed by atoms with E-state index in [0.717, 1.165) is 5.11 Å². The van der Waals surface area contributed by atoms with E-state index in [1.807, 2.05) is 0 Å². The van der Waals surface area contributed by atoms with Crippen LogP contribution < -0.4 is 10.6 Å². The Labute approximate surface area is 91.8 Å². The van der Waals surface area contributed by atoms with Gasteiger partial charge < -0.3 is 10.6 Å². The fourth-order valence-electron chi connectivity index (χ4n) is 2.05. The zero-order chi connectivity index (χ0) is 10.0. The summed E-state index contributed by atoms with van der Waals surface area (Å²) in [7, 11) is 0. The lowest BCUT2D eigenvalue weighted by Crippen LogP contribution is -2.46. The summed E-state index contributed by atoms with van der Waals surface area (Å²) >= 11 is 5.30. The molecule has 0 saturated heterocycles. The lowest BCUT2D eigenvalue weighted by atomic mass is 9.96. The summed E-state index contributed by atoms with van der Waals surface area (Å²) in [5, 5.41) is 7.71. The monoisotopic (exact) mass is 212 g/mol. The van der Waals surface area contributed by atoms with Gasteiger partial charge in [0.1, 0.15) is 0 Å². The normalized spacial score (nSPS) is 25.5. The quantitative estimate of drug-likeness (QED) is 0.687. The lowest BCUT2D eigenvalue weighted by molar-refractivity contribution is 0.410. The van der Waals surface area contributed by atoms with Gasteiger partial charge in [-0.25, -0.2) is 0 Å². The Morgan fingerprint density at radius 2 is 1.86 bits per heavy atom. The van der Waals surface area contributed by atoms with Gasteiger partial charge in [-0.3, -0.25) is 0 Å². The van der Waals surface area contributed by atoms with Crippen molar-refractivity contribution in [3.8, 4) is 0 Å². The third-order valence-corrected chi connectivity index (χ3v) is 3.58. The van der Waals surface area contributed by atoms with Crippen molar-refractivity contribution in [2.24, 2.45) is 0 Å². The topological polar surface area (TPSA) is 24.1 Å². The zero-order valence-electron chi connectivity index (χ0n) is 8.94. The van der Waals surface area contributed by atoms with Crippen molar-refractivity contribution < 1.29 is 0 Å². The number of hydrogen-bond donors (Lipinski definition) is 2. The standard InChI is InChI=1S/C11H20N2S/c1-11(7-8-11)13-10(14)12-9-5-3-2-4-6-9/h9H,2-8H2,1H3,(H2,12,13,14). The highest BCUT2D eigenvalue weighted by Gasteiger charge is 2.37. The SMILES string of the molecule is CC1(NC(=S)NC2CCCCC2)CC1. The van der Waals surface area contributed by atoms with Gasteiger partial charge in [0.05, 0.1) is 0 Å². The summed E-state index contributed by atoms with van der Waals surface area (Å²) in [6, 6.07) is 0.631. The van der Waals surface area contributed by atoms with Gasteiger partial charge in [0.2, 0.25) is 0 Å². The first-order valence-electron chi connectivity index (χ1n) is 5.77. The summed E-state index contributed by atoms with van der Waals surface area (Å²) in [4.78, 5) is 0. The van der Waals surface area contributed by atoms with Crippen LogP contribution in [-0.4, -0.2) is 16.7 Å². The van der Waals surface area contributed by atoms with E-state index in [1.54, 1.807) is 0 Å². The average molecular weight is 212 g/mol. The maximum atomic E-state index is 5.30. The molecule has 0 atom stereocenters. The molecule has 2 aliphatic carbocycles. The lowest BCUT2D eigenvalue weighted by Gasteiger charge is -2.25. The Bertz CT molecular complexity index is 217. The summed E-state index contributed by atoms with van der Waals surface area (Å²) in [5.41, 5.74) is 0.318. The minimum Gasteiger partial charge on any atom is -0.360 e. The highest BCUT2D eigenvalue weighted by molar-refractivity contribution is 7.80. The van der Waals surface area contributed by atoms with Crippen LogP contribution in [0, 0.1) is 0 Å². The second kappa shape index (κ2) is 4.05. The van der Waals surface area contributed by atoms with Gasteiger partial charge in [0.15, 0.2) is 5.11 Å². The summed E-state index contributed by atoms with van der Waals surface area (Å²) in [6.45, 7) is 2.24. The van der Waals surface area contributed by atoms with Crippen LogP contribution >= 0.6 is 12.2 Å². The molecule has 2 N–H and O–H groups in total. The highest BCUT2D eigenvalue weighted by Crippen LogP contribution is 2.34. The van der Waals surface area contributed by atoms with E-state index in [2.05, 4.69) is 17.6 Å². The Balaban J connectivity index is 1.70. The molecule has 3 heteroatoms. The third kappa shape index (κ3) is 2.84. The van der Waals surface area contributed by atoms with Crippen LogP contribution in [0.25, 0.3) is 0 Å². The first-order valence-corrected chi connectivity index (χ1v) is 6.17. The molecule has 2 aliphatic rings. The maximum absolute atomic E-state index is 5.30. The molecule has 0 bridgehead atoms. The van der Waals surface area contributed by atoms with Crippen LogP contribution in [0.4, 0.5) is 0 Å². The van der Waals surface area contributed by atoms with E-state index < -0.39 is 0 Å². The first-order chi connectivity index (χ1) is 6.68. The number of nitrogens with one attached hydrogen (secondary N) is 2. The molecule has 0 aromatic carbocycles. The van der Waals surface area contributed by atoms with E-state index in [0.29, 0.717) is 11.6 Å². The van der Waals surface area contributed by atoms with Crippen molar-refractivity contribution in [3.05, 3.63) is 0 Å². The number of hydrogen-bond acceptors (Lipinski definition) is 1. The molecule has 2 fully saturated rings. The van der Waals surface area contributed by atoms with Gasteiger partial charge in [-0.05, 0) is 44.8 Å². The molecule has 80 valence electrons. The van der Waals surface area contributed by atoms with Crippen molar-refractivity contribution in [1.29, 1.82) is 0 Å². The van der Waals surface area contributed by atoms with Gasteiger partial charge in [0.25, 0.3) is 0 Å². The molecule has 2 nitrogen and oxygen atoms in total.